The van der Waals surface area contributed by atoms with Crippen molar-refractivity contribution in [1.82, 2.24) is 4.98 Å². The summed E-state index contributed by atoms with van der Waals surface area (Å²) in [5, 5.41) is 0.609. The zero-order valence-electron chi connectivity index (χ0n) is 7.46. The lowest BCUT2D eigenvalue weighted by atomic mass is 10.3. The summed E-state index contributed by atoms with van der Waals surface area (Å²) in [6, 6.07) is 5.46. The van der Waals surface area contributed by atoms with Gasteiger partial charge in [0.05, 0.1) is 5.02 Å². The molecule has 0 unspecified atom stereocenters. The Labute approximate surface area is 86.9 Å². The molecular formula is C11H8ClNO. The molecule has 2 nitrogen and oxygen atoms in total. The number of hydrogen-bond acceptors (Lipinski definition) is 2. The van der Waals surface area contributed by atoms with Crippen molar-refractivity contribution >= 4 is 22.7 Å². The lowest BCUT2D eigenvalue weighted by molar-refractivity contribution is 0.531. The lowest BCUT2D eigenvalue weighted by Crippen LogP contribution is -1.81. The van der Waals surface area contributed by atoms with Crippen LogP contribution in [0, 0.1) is 12.3 Å². The van der Waals surface area contributed by atoms with E-state index >= 15 is 0 Å². The predicted molar refractivity (Wildman–Crippen MR) is 56.2 cm³/mol. The molecule has 0 amide bonds. The maximum Gasteiger partial charge on any atom is 0.196 e. The molecule has 14 heavy (non-hydrogen) atoms. The molecule has 0 radical (unpaired) electrons. The molecule has 0 aliphatic heterocycles. The number of fused-ring (bicyclic) bond motifs is 1. The second-order valence-electron chi connectivity index (χ2n) is 2.90. The Morgan fingerprint density at radius 3 is 3.07 bits per heavy atom. The van der Waals surface area contributed by atoms with E-state index in [1.807, 2.05) is 12.1 Å². The van der Waals surface area contributed by atoms with Gasteiger partial charge in [-0.25, -0.2) is 4.98 Å². The van der Waals surface area contributed by atoms with Crippen molar-refractivity contribution in [3.8, 4) is 12.3 Å². The van der Waals surface area contributed by atoms with Crippen LogP contribution in [-0.2, 0) is 6.42 Å². The van der Waals surface area contributed by atoms with Crippen LogP contribution in [0.1, 0.15) is 12.3 Å². The van der Waals surface area contributed by atoms with Crippen LogP contribution in [0.3, 0.4) is 0 Å². The van der Waals surface area contributed by atoms with E-state index in [0.717, 1.165) is 0 Å². The number of nitrogens with zero attached hydrogens (tertiary/aromatic N) is 1. The van der Waals surface area contributed by atoms with Crippen molar-refractivity contribution in [2.75, 3.05) is 0 Å². The Kier molecular flexibility index (Phi) is 2.43. The van der Waals surface area contributed by atoms with Crippen molar-refractivity contribution in [2.45, 2.75) is 12.8 Å². The smallest absolute Gasteiger partial charge is 0.196 e. The van der Waals surface area contributed by atoms with Crippen molar-refractivity contribution < 1.29 is 4.42 Å². The number of terminal acetylenes is 1. The molecular weight excluding hydrogens is 198 g/mol. The van der Waals surface area contributed by atoms with E-state index in [9.17, 15) is 0 Å². The van der Waals surface area contributed by atoms with Gasteiger partial charge in [-0.3, -0.25) is 0 Å². The van der Waals surface area contributed by atoms with E-state index in [1.165, 1.54) is 0 Å². The van der Waals surface area contributed by atoms with Gasteiger partial charge < -0.3 is 4.42 Å². The number of oxazole rings is 1. The summed E-state index contributed by atoms with van der Waals surface area (Å²) in [5.74, 6) is 3.19. The van der Waals surface area contributed by atoms with Crippen LogP contribution in [0.5, 0.6) is 0 Å². The van der Waals surface area contributed by atoms with Gasteiger partial charge >= 0.3 is 0 Å². The first kappa shape index (κ1) is 9.11. The molecule has 0 aliphatic rings. The van der Waals surface area contributed by atoms with Crippen molar-refractivity contribution in [3.63, 3.8) is 0 Å². The SMILES string of the molecule is C#CCCc1nc2c(Cl)cccc2o1. The standard InChI is InChI=1S/C11H8ClNO/c1-2-3-7-10-13-11-8(12)5-4-6-9(11)14-10/h1,4-6H,3,7H2. The van der Waals surface area contributed by atoms with Crippen LogP contribution in [0.15, 0.2) is 22.6 Å². The second-order valence-corrected chi connectivity index (χ2v) is 3.31. The minimum atomic E-state index is 0.609. The van der Waals surface area contributed by atoms with E-state index in [1.54, 1.807) is 6.07 Å². The minimum absolute atomic E-state index is 0.609. The fraction of sp³-hybridized carbons (Fsp3) is 0.182. The maximum atomic E-state index is 5.94. The molecule has 0 N–H and O–H groups in total. The van der Waals surface area contributed by atoms with Gasteiger partial charge in [0.2, 0.25) is 0 Å². The normalized spacial score (nSPS) is 10.3. The molecule has 2 rings (SSSR count). The van der Waals surface area contributed by atoms with Crippen LogP contribution >= 0.6 is 11.6 Å². The highest BCUT2D eigenvalue weighted by atomic mass is 35.5. The fourth-order valence-corrected chi connectivity index (χ4v) is 1.46. The Morgan fingerprint density at radius 2 is 2.36 bits per heavy atom. The van der Waals surface area contributed by atoms with Gasteiger partial charge in [0.25, 0.3) is 0 Å². The van der Waals surface area contributed by atoms with Crippen LogP contribution in [0.4, 0.5) is 0 Å². The molecule has 1 aromatic carbocycles. The van der Waals surface area contributed by atoms with Gasteiger partial charge in [-0.1, -0.05) is 17.7 Å². The zero-order chi connectivity index (χ0) is 9.97. The van der Waals surface area contributed by atoms with Gasteiger partial charge in [-0.2, -0.15) is 0 Å². The van der Waals surface area contributed by atoms with Crippen molar-refractivity contribution in [2.24, 2.45) is 0 Å². The summed E-state index contributed by atoms with van der Waals surface area (Å²) in [4.78, 5) is 4.26. The highest BCUT2D eigenvalue weighted by molar-refractivity contribution is 6.34. The van der Waals surface area contributed by atoms with E-state index in [0.29, 0.717) is 34.9 Å². The van der Waals surface area contributed by atoms with Crippen LogP contribution in [-0.4, -0.2) is 4.98 Å². The van der Waals surface area contributed by atoms with Crippen LogP contribution in [0.25, 0.3) is 11.1 Å². The summed E-state index contributed by atoms with van der Waals surface area (Å²) in [6.07, 6.45) is 6.44. The molecule has 0 saturated carbocycles. The average molecular weight is 206 g/mol. The summed E-state index contributed by atoms with van der Waals surface area (Å²) in [5.41, 5.74) is 1.42. The monoisotopic (exact) mass is 205 g/mol. The molecule has 1 heterocycles. The minimum Gasteiger partial charge on any atom is -0.441 e. The van der Waals surface area contributed by atoms with Gasteiger partial charge in [0.1, 0.15) is 5.52 Å². The Balaban J connectivity index is 2.42. The van der Waals surface area contributed by atoms with Gasteiger partial charge in [-0.15, -0.1) is 12.3 Å². The van der Waals surface area contributed by atoms with E-state index < -0.39 is 0 Å². The topological polar surface area (TPSA) is 26.0 Å². The third-order valence-corrected chi connectivity index (χ3v) is 2.20. The molecule has 0 bridgehead atoms. The summed E-state index contributed by atoms with van der Waals surface area (Å²) >= 11 is 5.94. The number of halogens is 1. The summed E-state index contributed by atoms with van der Waals surface area (Å²) < 4.78 is 5.46. The summed E-state index contributed by atoms with van der Waals surface area (Å²) in [6.45, 7) is 0. The van der Waals surface area contributed by atoms with Crippen molar-refractivity contribution in [3.05, 3.63) is 29.1 Å². The fourth-order valence-electron chi connectivity index (χ4n) is 1.25. The van der Waals surface area contributed by atoms with Crippen molar-refractivity contribution in [1.29, 1.82) is 0 Å². The van der Waals surface area contributed by atoms with Crippen LogP contribution in [0.2, 0.25) is 5.02 Å². The Bertz CT molecular complexity index is 495. The highest BCUT2D eigenvalue weighted by Gasteiger charge is 2.07. The molecule has 3 heteroatoms. The number of para-hydroxylation sites is 1. The molecule has 0 atom stereocenters. The quantitative estimate of drug-likeness (QED) is 0.705. The molecule has 0 spiro atoms. The van der Waals surface area contributed by atoms with E-state index in [2.05, 4.69) is 10.9 Å². The zero-order valence-corrected chi connectivity index (χ0v) is 8.21. The molecule has 0 fully saturated rings. The highest BCUT2D eigenvalue weighted by Crippen LogP contribution is 2.23. The first-order valence-electron chi connectivity index (χ1n) is 4.28. The third-order valence-electron chi connectivity index (χ3n) is 1.90. The first-order valence-corrected chi connectivity index (χ1v) is 4.66. The Morgan fingerprint density at radius 1 is 1.50 bits per heavy atom. The van der Waals surface area contributed by atoms with Crippen LogP contribution < -0.4 is 0 Å². The number of benzene rings is 1. The van der Waals surface area contributed by atoms with E-state index in [4.69, 9.17) is 22.4 Å². The van der Waals surface area contributed by atoms with Gasteiger partial charge in [-0.05, 0) is 12.1 Å². The van der Waals surface area contributed by atoms with Gasteiger partial charge in [0.15, 0.2) is 11.5 Å². The lowest BCUT2D eigenvalue weighted by Gasteiger charge is -1.86. The second kappa shape index (κ2) is 3.73. The molecule has 70 valence electrons. The van der Waals surface area contributed by atoms with E-state index in [-0.39, 0.29) is 0 Å². The van der Waals surface area contributed by atoms with Gasteiger partial charge in [0, 0.05) is 12.8 Å². The number of aromatic nitrogens is 1. The first-order chi connectivity index (χ1) is 6.81. The predicted octanol–water partition coefficient (Wildman–Crippen LogP) is 3.05. The average Bonchev–Trinajstić information content (AvgIpc) is 2.59. The molecule has 2 aromatic rings. The largest absolute Gasteiger partial charge is 0.441 e. The molecule has 1 aromatic heterocycles. The summed E-state index contributed by atoms with van der Waals surface area (Å²) in [7, 11) is 0. The third kappa shape index (κ3) is 1.59. The molecule has 0 saturated heterocycles. The molecule has 0 aliphatic carbocycles. The number of hydrogen-bond donors (Lipinski definition) is 0. The Hall–Kier alpha value is -1.46. The number of rotatable bonds is 2. The maximum absolute atomic E-state index is 5.94. The number of aryl methyl sites for hydroxylation is 1.